The molecule has 0 aliphatic carbocycles. The normalized spacial score (nSPS) is 16.3. The Morgan fingerprint density at radius 3 is 2.88 bits per heavy atom. The number of carbonyl (C=O) groups excluding carboxylic acids is 2. The van der Waals surface area contributed by atoms with Crippen molar-refractivity contribution < 1.29 is 14.3 Å². The molecule has 5 heteroatoms. The highest BCUT2D eigenvalue weighted by molar-refractivity contribution is 5.95. The first-order valence-corrected chi connectivity index (χ1v) is 8.34. The number of rotatable bonds is 4. The summed E-state index contributed by atoms with van der Waals surface area (Å²) >= 11 is 0. The number of amides is 1. The predicted molar refractivity (Wildman–Crippen MR) is 94.4 cm³/mol. The topological polar surface area (TPSA) is 71.2 Å². The lowest BCUT2D eigenvalue weighted by Crippen LogP contribution is -2.42. The number of hydrogen-bond donors (Lipinski definition) is 2. The maximum Gasteiger partial charge on any atom is 0.339 e. The lowest BCUT2D eigenvalue weighted by Gasteiger charge is -2.23. The SMILES string of the molecule is O=C1OC(C(=O)NCCc2c[nH]c3ccccc23)Cc2ccccc21. The minimum absolute atomic E-state index is 0.248. The number of aromatic nitrogens is 1. The second-order valence-corrected chi connectivity index (χ2v) is 6.16. The van der Waals surface area contributed by atoms with E-state index < -0.39 is 12.1 Å². The second kappa shape index (κ2) is 6.43. The highest BCUT2D eigenvalue weighted by Crippen LogP contribution is 2.21. The molecule has 4 rings (SSSR count). The molecule has 2 N–H and O–H groups in total. The van der Waals surface area contributed by atoms with Crippen LogP contribution in [0.1, 0.15) is 21.5 Å². The number of carbonyl (C=O) groups is 2. The molecule has 0 fully saturated rings. The van der Waals surface area contributed by atoms with E-state index in [4.69, 9.17) is 4.74 Å². The number of H-pyrrole nitrogens is 1. The van der Waals surface area contributed by atoms with Gasteiger partial charge in [-0.25, -0.2) is 4.79 Å². The van der Waals surface area contributed by atoms with Crippen LogP contribution >= 0.6 is 0 Å². The molecule has 0 spiro atoms. The summed E-state index contributed by atoms with van der Waals surface area (Å²) in [7, 11) is 0. The molecule has 1 unspecified atom stereocenters. The molecule has 1 aliphatic heterocycles. The Morgan fingerprint density at radius 1 is 1.16 bits per heavy atom. The van der Waals surface area contributed by atoms with Gasteiger partial charge in [-0.3, -0.25) is 4.79 Å². The quantitative estimate of drug-likeness (QED) is 0.721. The Kier molecular flexibility index (Phi) is 3.98. The van der Waals surface area contributed by atoms with Gasteiger partial charge in [-0.05, 0) is 29.7 Å². The van der Waals surface area contributed by atoms with Gasteiger partial charge in [-0.2, -0.15) is 0 Å². The van der Waals surface area contributed by atoms with Crippen molar-refractivity contribution in [3.8, 4) is 0 Å². The maximum absolute atomic E-state index is 12.3. The first-order valence-electron chi connectivity index (χ1n) is 8.34. The lowest BCUT2D eigenvalue weighted by atomic mass is 9.98. The van der Waals surface area contributed by atoms with Crippen LogP contribution in [0.4, 0.5) is 0 Å². The van der Waals surface area contributed by atoms with Crippen LogP contribution in [-0.4, -0.2) is 29.5 Å². The molecule has 3 aromatic rings. The van der Waals surface area contributed by atoms with Gasteiger partial charge in [0, 0.05) is 30.1 Å². The fourth-order valence-corrected chi connectivity index (χ4v) is 3.25. The summed E-state index contributed by atoms with van der Waals surface area (Å²) in [5.41, 5.74) is 3.64. The second-order valence-electron chi connectivity index (χ2n) is 6.16. The molecule has 2 heterocycles. The first-order chi connectivity index (χ1) is 12.2. The van der Waals surface area contributed by atoms with Crippen molar-refractivity contribution in [3.63, 3.8) is 0 Å². The van der Waals surface area contributed by atoms with Crippen LogP contribution in [0.25, 0.3) is 10.9 Å². The van der Waals surface area contributed by atoms with Crippen molar-refractivity contribution >= 4 is 22.8 Å². The first kappa shape index (κ1) is 15.4. The number of para-hydroxylation sites is 1. The van der Waals surface area contributed by atoms with E-state index in [0.29, 0.717) is 24.9 Å². The van der Waals surface area contributed by atoms with Crippen LogP contribution in [0.15, 0.2) is 54.7 Å². The minimum Gasteiger partial charge on any atom is -0.448 e. The number of cyclic esters (lactones) is 1. The van der Waals surface area contributed by atoms with Gasteiger partial charge >= 0.3 is 5.97 Å². The van der Waals surface area contributed by atoms with E-state index in [1.54, 1.807) is 12.1 Å². The zero-order chi connectivity index (χ0) is 17.2. The molecule has 2 aromatic carbocycles. The van der Waals surface area contributed by atoms with Crippen LogP contribution in [0.2, 0.25) is 0 Å². The Morgan fingerprint density at radius 2 is 1.96 bits per heavy atom. The number of fused-ring (bicyclic) bond motifs is 2. The summed E-state index contributed by atoms with van der Waals surface area (Å²) in [6.07, 6.45) is 2.34. The highest BCUT2D eigenvalue weighted by atomic mass is 16.5. The van der Waals surface area contributed by atoms with E-state index in [2.05, 4.69) is 16.4 Å². The molecular formula is C20H18N2O3. The number of nitrogens with one attached hydrogen (secondary N) is 2. The van der Waals surface area contributed by atoms with Gasteiger partial charge in [0.25, 0.3) is 5.91 Å². The van der Waals surface area contributed by atoms with Gasteiger partial charge in [-0.15, -0.1) is 0 Å². The average molecular weight is 334 g/mol. The number of esters is 1. The van der Waals surface area contributed by atoms with Crippen molar-refractivity contribution in [2.45, 2.75) is 18.9 Å². The molecule has 0 saturated heterocycles. The van der Waals surface area contributed by atoms with E-state index in [1.807, 2.05) is 36.5 Å². The van der Waals surface area contributed by atoms with Crippen LogP contribution in [0.5, 0.6) is 0 Å². The lowest BCUT2D eigenvalue weighted by molar-refractivity contribution is -0.130. The van der Waals surface area contributed by atoms with E-state index in [1.165, 1.54) is 0 Å². The van der Waals surface area contributed by atoms with Crippen molar-refractivity contribution in [1.29, 1.82) is 0 Å². The minimum atomic E-state index is -0.759. The summed E-state index contributed by atoms with van der Waals surface area (Å²) in [6.45, 7) is 0.496. The van der Waals surface area contributed by atoms with Crippen molar-refractivity contribution in [2.75, 3.05) is 6.54 Å². The summed E-state index contributed by atoms with van der Waals surface area (Å²) in [4.78, 5) is 27.6. The number of aromatic amines is 1. The van der Waals surface area contributed by atoms with Gasteiger partial charge < -0.3 is 15.0 Å². The van der Waals surface area contributed by atoms with E-state index in [0.717, 1.165) is 22.0 Å². The third-order valence-electron chi connectivity index (χ3n) is 4.55. The zero-order valence-electron chi connectivity index (χ0n) is 13.6. The largest absolute Gasteiger partial charge is 0.448 e. The molecule has 1 aliphatic rings. The molecule has 0 radical (unpaired) electrons. The average Bonchev–Trinajstić information content (AvgIpc) is 3.05. The van der Waals surface area contributed by atoms with Gasteiger partial charge in [-0.1, -0.05) is 36.4 Å². The van der Waals surface area contributed by atoms with Crippen LogP contribution in [0.3, 0.4) is 0 Å². The Bertz CT molecular complexity index is 945. The van der Waals surface area contributed by atoms with E-state index >= 15 is 0 Å². The highest BCUT2D eigenvalue weighted by Gasteiger charge is 2.30. The Balaban J connectivity index is 1.38. The molecule has 126 valence electrons. The molecular weight excluding hydrogens is 316 g/mol. The number of ether oxygens (including phenoxy) is 1. The van der Waals surface area contributed by atoms with Gasteiger partial charge in [0.1, 0.15) is 0 Å². The molecule has 1 atom stereocenters. The van der Waals surface area contributed by atoms with Crippen molar-refractivity contribution in [2.24, 2.45) is 0 Å². The number of benzene rings is 2. The van der Waals surface area contributed by atoms with Crippen molar-refractivity contribution in [3.05, 3.63) is 71.4 Å². The summed E-state index contributed by atoms with van der Waals surface area (Å²) < 4.78 is 5.28. The van der Waals surface area contributed by atoms with Gasteiger partial charge in [0.2, 0.25) is 0 Å². The third-order valence-corrected chi connectivity index (χ3v) is 4.55. The zero-order valence-corrected chi connectivity index (χ0v) is 13.6. The summed E-state index contributed by atoms with van der Waals surface area (Å²) in [5.74, 6) is -0.679. The predicted octanol–water partition coefficient (Wildman–Crippen LogP) is 2.61. The maximum atomic E-state index is 12.3. The molecule has 1 aromatic heterocycles. The Hall–Kier alpha value is -3.08. The van der Waals surface area contributed by atoms with Crippen molar-refractivity contribution in [1.82, 2.24) is 10.3 Å². The van der Waals surface area contributed by atoms with E-state index in [-0.39, 0.29) is 5.91 Å². The van der Waals surface area contributed by atoms with Crippen LogP contribution in [0, 0.1) is 0 Å². The van der Waals surface area contributed by atoms with Crippen LogP contribution < -0.4 is 5.32 Å². The fourth-order valence-electron chi connectivity index (χ4n) is 3.25. The molecule has 0 bridgehead atoms. The van der Waals surface area contributed by atoms with Crippen LogP contribution in [-0.2, 0) is 22.4 Å². The smallest absolute Gasteiger partial charge is 0.339 e. The number of hydrogen-bond acceptors (Lipinski definition) is 3. The van der Waals surface area contributed by atoms with Gasteiger partial charge in [0.15, 0.2) is 6.10 Å². The van der Waals surface area contributed by atoms with E-state index in [9.17, 15) is 9.59 Å². The molecule has 1 amide bonds. The molecule has 25 heavy (non-hydrogen) atoms. The summed E-state index contributed by atoms with van der Waals surface area (Å²) in [6, 6.07) is 15.3. The Labute approximate surface area is 145 Å². The monoisotopic (exact) mass is 334 g/mol. The molecule has 0 saturated carbocycles. The third kappa shape index (κ3) is 3.01. The van der Waals surface area contributed by atoms with Gasteiger partial charge in [0.05, 0.1) is 5.56 Å². The summed E-state index contributed by atoms with van der Waals surface area (Å²) in [5, 5.41) is 4.04. The molecule has 5 nitrogen and oxygen atoms in total. The fraction of sp³-hybridized carbons (Fsp3) is 0.200. The standard InChI is InChI=1S/C20H18N2O3/c23-19(18-11-13-5-1-2-7-16(13)20(24)25-18)21-10-9-14-12-22-17-8-4-3-6-15(14)17/h1-8,12,18,22H,9-11H2,(H,21,23).